The minimum atomic E-state index is -4.01. The number of hydrogen-bond donors (Lipinski definition) is 1. The quantitative estimate of drug-likeness (QED) is 0.466. The first-order valence-corrected chi connectivity index (χ1v) is 10.8. The molecule has 0 radical (unpaired) electrons. The molecule has 2 aromatic heterocycles. The highest BCUT2D eigenvalue weighted by Crippen LogP contribution is 2.23. The molecule has 0 spiro atoms. The molecule has 0 aliphatic heterocycles. The zero-order valence-corrected chi connectivity index (χ0v) is 16.8. The molecule has 158 valence electrons. The fourth-order valence-corrected chi connectivity index (χ4v) is 4.18. The molecular formula is C21H16F2N4O3S. The van der Waals surface area contributed by atoms with Gasteiger partial charge in [0.25, 0.3) is 0 Å². The molecule has 0 saturated carbocycles. The van der Waals surface area contributed by atoms with Crippen LogP contribution >= 0.6 is 0 Å². The first-order chi connectivity index (χ1) is 14.9. The van der Waals surface area contributed by atoms with E-state index < -0.39 is 27.4 Å². The Balaban J connectivity index is 1.54. The van der Waals surface area contributed by atoms with E-state index in [1.54, 1.807) is 48.8 Å². The molecule has 0 bridgehead atoms. The van der Waals surface area contributed by atoms with Crippen LogP contribution in [-0.2, 0) is 22.2 Å². The van der Waals surface area contributed by atoms with Crippen molar-refractivity contribution in [2.45, 2.75) is 12.2 Å². The fraction of sp³-hybridized carbons (Fsp3) is 0.0952. The lowest BCUT2D eigenvalue weighted by molar-refractivity contribution is 0.386. The highest BCUT2D eigenvalue weighted by atomic mass is 32.2. The van der Waals surface area contributed by atoms with Gasteiger partial charge in [-0.05, 0) is 42.0 Å². The average molecular weight is 442 g/mol. The molecule has 31 heavy (non-hydrogen) atoms. The maximum atomic E-state index is 13.9. The normalized spacial score (nSPS) is 11.4. The predicted molar refractivity (Wildman–Crippen MR) is 109 cm³/mol. The summed E-state index contributed by atoms with van der Waals surface area (Å²) in [4.78, 5) is 8.32. The maximum Gasteiger partial charge on any atom is 0.237 e. The van der Waals surface area contributed by atoms with E-state index in [0.29, 0.717) is 17.0 Å². The van der Waals surface area contributed by atoms with Crippen molar-refractivity contribution in [1.29, 1.82) is 0 Å². The molecule has 0 amide bonds. The van der Waals surface area contributed by atoms with E-state index in [2.05, 4.69) is 19.8 Å². The molecule has 7 nitrogen and oxygen atoms in total. The number of nitrogens with zero attached hydrogens (tertiary/aromatic N) is 3. The third-order valence-corrected chi connectivity index (χ3v) is 5.59. The summed E-state index contributed by atoms with van der Waals surface area (Å²) in [6.07, 6.45) is 3.39. The van der Waals surface area contributed by atoms with Crippen LogP contribution in [0.15, 0.2) is 71.5 Å². The first-order valence-electron chi connectivity index (χ1n) is 9.15. The topological polar surface area (TPSA) is 98.0 Å². The van der Waals surface area contributed by atoms with E-state index in [1.165, 1.54) is 0 Å². The number of para-hydroxylation sites is 1. The molecule has 10 heteroatoms. The Morgan fingerprint density at radius 2 is 1.84 bits per heavy atom. The van der Waals surface area contributed by atoms with Crippen molar-refractivity contribution in [2.75, 3.05) is 4.72 Å². The Morgan fingerprint density at radius 3 is 2.65 bits per heavy atom. The molecule has 1 N–H and O–H groups in total. The lowest BCUT2D eigenvalue weighted by Crippen LogP contribution is -2.17. The van der Waals surface area contributed by atoms with Crippen LogP contribution in [0.5, 0.6) is 0 Å². The number of pyridine rings is 1. The summed E-state index contributed by atoms with van der Waals surface area (Å²) in [5, 5.41) is 3.92. The average Bonchev–Trinajstić information content (AvgIpc) is 3.21. The molecule has 0 fully saturated rings. The summed E-state index contributed by atoms with van der Waals surface area (Å²) in [7, 11) is -4.01. The molecule has 0 aliphatic rings. The standard InChI is InChI=1S/C21H16F2N4O3S/c22-17-7-8-18(23)16(10-17)13-31(28,29)27-19-6-2-1-4-14(19)11-20-25-21(26-30-20)15-5-3-9-24-12-15/h1-10,12,27H,11,13H2. The number of aromatic nitrogens is 3. The molecule has 0 aliphatic carbocycles. The fourth-order valence-electron chi connectivity index (χ4n) is 2.94. The number of nitrogens with one attached hydrogen (secondary N) is 1. The molecule has 4 rings (SSSR count). The van der Waals surface area contributed by atoms with Gasteiger partial charge in [0.05, 0.1) is 17.9 Å². The smallest absolute Gasteiger partial charge is 0.237 e. The first kappa shape index (κ1) is 20.6. The van der Waals surface area contributed by atoms with Gasteiger partial charge in [0, 0.05) is 23.5 Å². The van der Waals surface area contributed by atoms with Crippen molar-refractivity contribution < 1.29 is 21.7 Å². The van der Waals surface area contributed by atoms with Crippen LogP contribution in [0.25, 0.3) is 11.4 Å². The Kier molecular flexibility index (Phi) is 5.72. The van der Waals surface area contributed by atoms with Gasteiger partial charge < -0.3 is 4.52 Å². The van der Waals surface area contributed by atoms with Crippen molar-refractivity contribution >= 4 is 15.7 Å². The highest BCUT2D eigenvalue weighted by Gasteiger charge is 2.18. The van der Waals surface area contributed by atoms with E-state index in [9.17, 15) is 17.2 Å². The third kappa shape index (κ3) is 5.10. The largest absolute Gasteiger partial charge is 0.339 e. The van der Waals surface area contributed by atoms with Gasteiger partial charge in [-0.3, -0.25) is 9.71 Å². The van der Waals surface area contributed by atoms with E-state index in [1.807, 2.05) is 0 Å². The van der Waals surface area contributed by atoms with Crippen LogP contribution in [0.4, 0.5) is 14.5 Å². The number of rotatable bonds is 7. The van der Waals surface area contributed by atoms with Crippen LogP contribution in [0, 0.1) is 11.6 Å². The minimum absolute atomic E-state index is 0.167. The van der Waals surface area contributed by atoms with Gasteiger partial charge in [-0.1, -0.05) is 23.4 Å². The number of hydrogen-bond acceptors (Lipinski definition) is 6. The minimum Gasteiger partial charge on any atom is -0.339 e. The summed E-state index contributed by atoms with van der Waals surface area (Å²) >= 11 is 0. The Morgan fingerprint density at radius 1 is 1.00 bits per heavy atom. The summed E-state index contributed by atoms with van der Waals surface area (Å²) in [6, 6.07) is 12.9. The summed E-state index contributed by atoms with van der Waals surface area (Å²) in [5.74, 6) is -1.58. The molecule has 2 heterocycles. The van der Waals surface area contributed by atoms with Crippen molar-refractivity contribution in [1.82, 2.24) is 15.1 Å². The van der Waals surface area contributed by atoms with Crippen molar-refractivity contribution in [3.63, 3.8) is 0 Å². The van der Waals surface area contributed by atoms with Gasteiger partial charge in [-0.2, -0.15) is 4.98 Å². The number of benzene rings is 2. The van der Waals surface area contributed by atoms with Gasteiger partial charge in [0.15, 0.2) is 0 Å². The monoisotopic (exact) mass is 442 g/mol. The Hall–Kier alpha value is -3.66. The SMILES string of the molecule is O=S(=O)(Cc1cc(F)ccc1F)Nc1ccccc1Cc1nc(-c2cccnc2)no1. The maximum absolute atomic E-state index is 13.9. The predicted octanol–water partition coefficient (Wildman–Crippen LogP) is 3.94. The lowest BCUT2D eigenvalue weighted by Gasteiger charge is -2.12. The second kappa shape index (κ2) is 8.60. The molecule has 0 unspecified atom stereocenters. The lowest BCUT2D eigenvalue weighted by atomic mass is 10.1. The second-order valence-electron chi connectivity index (χ2n) is 6.68. The van der Waals surface area contributed by atoms with E-state index in [4.69, 9.17) is 4.52 Å². The van der Waals surface area contributed by atoms with Gasteiger partial charge in [0.1, 0.15) is 11.6 Å². The number of sulfonamides is 1. The van der Waals surface area contributed by atoms with Crippen LogP contribution in [0.3, 0.4) is 0 Å². The van der Waals surface area contributed by atoms with Crippen LogP contribution in [-0.4, -0.2) is 23.5 Å². The third-order valence-electron chi connectivity index (χ3n) is 4.37. The van der Waals surface area contributed by atoms with Crippen LogP contribution < -0.4 is 4.72 Å². The van der Waals surface area contributed by atoms with Gasteiger partial charge in [-0.25, -0.2) is 17.2 Å². The molecule has 2 aromatic carbocycles. The number of halogens is 2. The summed E-state index contributed by atoms with van der Waals surface area (Å²) in [5.41, 5.74) is 1.28. The van der Waals surface area contributed by atoms with Gasteiger partial charge in [-0.15, -0.1) is 0 Å². The summed E-state index contributed by atoms with van der Waals surface area (Å²) < 4.78 is 60.1. The molecular weight excluding hydrogens is 426 g/mol. The number of anilines is 1. The van der Waals surface area contributed by atoms with E-state index >= 15 is 0 Å². The van der Waals surface area contributed by atoms with Crippen LogP contribution in [0.2, 0.25) is 0 Å². The van der Waals surface area contributed by atoms with Crippen molar-refractivity contribution in [3.8, 4) is 11.4 Å². The zero-order valence-electron chi connectivity index (χ0n) is 16.0. The second-order valence-corrected chi connectivity index (χ2v) is 8.41. The highest BCUT2D eigenvalue weighted by molar-refractivity contribution is 7.91. The Labute approximate surface area is 176 Å². The Bertz CT molecular complexity index is 1310. The van der Waals surface area contributed by atoms with Crippen molar-refractivity contribution in [3.05, 3.63) is 95.6 Å². The molecule has 4 aromatic rings. The van der Waals surface area contributed by atoms with Crippen molar-refractivity contribution in [2.24, 2.45) is 0 Å². The summed E-state index contributed by atoms with van der Waals surface area (Å²) in [6.45, 7) is 0. The zero-order chi connectivity index (χ0) is 21.8. The van der Waals surface area contributed by atoms with Gasteiger partial charge >= 0.3 is 0 Å². The molecule has 0 saturated heterocycles. The molecule has 0 atom stereocenters. The van der Waals surface area contributed by atoms with Gasteiger partial charge in [0.2, 0.25) is 21.7 Å². The van der Waals surface area contributed by atoms with E-state index in [0.717, 1.165) is 18.2 Å². The van der Waals surface area contributed by atoms with E-state index in [-0.39, 0.29) is 23.6 Å². The van der Waals surface area contributed by atoms with Crippen LogP contribution in [0.1, 0.15) is 17.0 Å².